The molecule has 3 N–H and O–H groups in total. The average Bonchev–Trinajstić information content (AvgIpc) is 2.54. The Labute approximate surface area is 173 Å². The summed E-state index contributed by atoms with van der Waals surface area (Å²) < 4.78 is 5.74. The van der Waals surface area contributed by atoms with Crippen molar-refractivity contribution in [1.82, 2.24) is 5.43 Å². The number of ether oxygens (including phenoxy) is 1. The van der Waals surface area contributed by atoms with Crippen molar-refractivity contribution in [2.24, 2.45) is 15.9 Å². The third-order valence-corrected chi connectivity index (χ3v) is 4.08. The van der Waals surface area contributed by atoms with E-state index in [9.17, 15) is 10.1 Å². The lowest BCUT2D eigenvalue weighted by atomic mass is 10.2. The van der Waals surface area contributed by atoms with E-state index in [0.717, 1.165) is 0 Å². The summed E-state index contributed by atoms with van der Waals surface area (Å²) in [5, 5.41) is 18.0. The number of benzene rings is 2. The van der Waals surface area contributed by atoms with Crippen molar-refractivity contribution in [3.63, 3.8) is 0 Å². The van der Waals surface area contributed by atoms with Crippen LogP contribution >= 0.6 is 46.4 Å². The highest BCUT2D eigenvalue weighted by molar-refractivity contribution is 6.36. The largest absolute Gasteiger partial charge is 0.487 e. The van der Waals surface area contributed by atoms with Crippen LogP contribution < -0.4 is 15.9 Å². The lowest BCUT2D eigenvalue weighted by molar-refractivity contribution is -0.525. The minimum absolute atomic E-state index is 0.104. The van der Waals surface area contributed by atoms with Crippen LogP contribution in [-0.2, 0) is 6.61 Å². The Bertz CT molecular complexity index is 921. The van der Waals surface area contributed by atoms with E-state index in [1.165, 1.54) is 18.3 Å². The van der Waals surface area contributed by atoms with Gasteiger partial charge in [-0.25, -0.2) is 10.1 Å². The molecule has 0 saturated heterocycles. The Morgan fingerprint density at radius 3 is 2.56 bits per heavy atom. The van der Waals surface area contributed by atoms with Crippen LogP contribution in [0, 0.1) is 10.1 Å². The van der Waals surface area contributed by atoms with Crippen LogP contribution in [0.15, 0.2) is 40.5 Å². The maximum Gasteiger partial charge on any atom is 0.275 e. The zero-order valence-corrected chi connectivity index (χ0v) is 16.4. The van der Waals surface area contributed by atoms with Crippen LogP contribution in [0.2, 0.25) is 20.1 Å². The molecule has 27 heavy (non-hydrogen) atoms. The number of guanidine groups is 1. The SMILES string of the molecule is NC(=N/N=C\c1cc(Cl)cc(Cl)c1OCc1ccc(Cl)cc1Cl)N[N+](=O)[O-]. The number of nitro groups is 1. The number of hydrogen-bond donors (Lipinski definition) is 2. The molecular formula is C15H11Cl4N5O3. The van der Waals surface area contributed by atoms with Crippen molar-refractivity contribution < 1.29 is 9.77 Å². The van der Waals surface area contributed by atoms with Crippen molar-refractivity contribution >= 4 is 58.6 Å². The van der Waals surface area contributed by atoms with Crippen LogP contribution in [0.3, 0.4) is 0 Å². The van der Waals surface area contributed by atoms with Crippen molar-refractivity contribution in [2.75, 3.05) is 0 Å². The summed E-state index contributed by atoms with van der Waals surface area (Å²) in [5.41, 5.74) is 8.00. The normalized spacial score (nSPS) is 11.6. The molecule has 0 saturated carbocycles. The molecule has 2 aromatic carbocycles. The fourth-order valence-electron chi connectivity index (χ4n) is 1.89. The molecular weight excluding hydrogens is 440 g/mol. The molecule has 0 spiro atoms. The smallest absolute Gasteiger partial charge is 0.275 e. The van der Waals surface area contributed by atoms with Crippen LogP contribution in [0.1, 0.15) is 11.1 Å². The van der Waals surface area contributed by atoms with E-state index in [4.69, 9.17) is 56.9 Å². The van der Waals surface area contributed by atoms with E-state index in [-0.39, 0.29) is 17.4 Å². The molecule has 0 radical (unpaired) electrons. The van der Waals surface area contributed by atoms with Crippen molar-refractivity contribution in [1.29, 1.82) is 0 Å². The average molecular weight is 451 g/mol. The van der Waals surface area contributed by atoms with Crippen LogP contribution in [0.5, 0.6) is 5.75 Å². The Morgan fingerprint density at radius 1 is 1.19 bits per heavy atom. The van der Waals surface area contributed by atoms with Gasteiger partial charge in [0.05, 0.1) is 11.2 Å². The fraction of sp³-hybridized carbons (Fsp3) is 0.0667. The predicted octanol–water partition coefficient (Wildman–Crippen LogP) is 4.31. The molecule has 0 aliphatic carbocycles. The quantitative estimate of drug-likeness (QED) is 0.294. The van der Waals surface area contributed by atoms with Gasteiger partial charge in [0.2, 0.25) is 0 Å². The van der Waals surface area contributed by atoms with E-state index < -0.39 is 11.0 Å². The molecule has 2 rings (SSSR count). The van der Waals surface area contributed by atoms with Gasteiger partial charge in [0.1, 0.15) is 12.4 Å². The van der Waals surface area contributed by atoms with Gasteiger partial charge in [-0.3, -0.25) is 0 Å². The number of rotatable bonds is 6. The Morgan fingerprint density at radius 2 is 1.89 bits per heavy atom. The molecule has 0 aliphatic heterocycles. The molecule has 0 bridgehead atoms. The molecule has 0 aliphatic rings. The highest BCUT2D eigenvalue weighted by atomic mass is 35.5. The number of hydrazine groups is 1. The first-order chi connectivity index (χ1) is 12.8. The highest BCUT2D eigenvalue weighted by Gasteiger charge is 2.11. The lowest BCUT2D eigenvalue weighted by Gasteiger charge is -2.12. The van der Waals surface area contributed by atoms with Gasteiger partial charge in [-0.2, -0.15) is 5.10 Å². The first-order valence-corrected chi connectivity index (χ1v) is 8.60. The summed E-state index contributed by atoms with van der Waals surface area (Å²) in [6.07, 6.45) is 1.24. The molecule has 2 aromatic rings. The molecule has 12 heteroatoms. The summed E-state index contributed by atoms with van der Waals surface area (Å²) in [6, 6.07) is 8.01. The Balaban J connectivity index is 2.24. The zero-order valence-electron chi connectivity index (χ0n) is 13.3. The molecule has 0 atom stereocenters. The van der Waals surface area contributed by atoms with E-state index in [1.807, 2.05) is 0 Å². The van der Waals surface area contributed by atoms with Crippen molar-refractivity contribution in [3.05, 3.63) is 71.7 Å². The molecule has 0 fully saturated rings. The van der Waals surface area contributed by atoms with Gasteiger partial charge >= 0.3 is 0 Å². The van der Waals surface area contributed by atoms with E-state index in [1.54, 1.807) is 23.6 Å². The van der Waals surface area contributed by atoms with Gasteiger partial charge in [-0.15, -0.1) is 5.10 Å². The summed E-state index contributed by atoms with van der Waals surface area (Å²) >= 11 is 24.2. The van der Waals surface area contributed by atoms with E-state index in [0.29, 0.717) is 26.2 Å². The van der Waals surface area contributed by atoms with Crippen molar-refractivity contribution in [3.8, 4) is 5.75 Å². The van der Waals surface area contributed by atoms with Crippen molar-refractivity contribution in [2.45, 2.75) is 6.61 Å². The van der Waals surface area contributed by atoms with Gasteiger partial charge in [-0.1, -0.05) is 57.9 Å². The number of hydrogen-bond acceptors (Lipinski definition) is 5. The van der Waals surface area contributed by atoms with Gasteiger partial charge in [0.25, 0.3) is 5.96 Å². The summed E-state index contributed by atoms with van der Waals surface area (Å²) in [4.78, 5) is 10.3. The third kappa shape index (κ3) is 6.44. The molecule has 0 amide bonds. The second-order valence-corrected chi connectivity index (χ2v) is 6.62. The van der Waals surface area contributed by atoms with E-state index in [2.05, 4.69) is 10.2 Å². The maximum absolute atomic E-state index is 10.3. The number of nitrogens with one attached hydrogen (secondary N) is 1. The fourth-order valence-corrected chi connectivity index (χ4v) is 2.91. The molecule has 0 aromatic heterocycles. The van der Waals surface area contributed by atoms with Gasteiger partial charge in [0, 0.05) is 26.2 Å². The summed E-state index contributed by atoms with van der Waals surface area (Å²) in [6.45, 7) is 0.104. The number of nitrogens with zero attached hydrogens (tertiary/aromatic N) is 3. The Hall–Kier alpha value is -2.26. The molecule has 142 valence electrons. The minimum atomic E-state index is -0.866. The predicted molar refractivity (Wildman–Crippen MR) is 107 cm³/mol. The topological polar surface area (TPSA) is 115 Å². The van der Waals surface area contributed by atoms with Crippen LogP contribution in [0.4, 0.5) is 0 Å². The van der Waals surface area contributed by atoms with Gasteiger partial charge in [0.15, 0.2) is 5.03 Å². The second-order valence-electron chi connectivity index (χ2n) is 4.93. The van der Waals surface area contributed by atoms with Gasteiger partial charge in [-0.05, 0) is 24.3 Å². The highest BCUT2D eigenvalue weighted by Crippen LogP contribution is 2.33. The van der Waals surface area contributed by atoms with Crippen LogP contribution in [-0.4, -0.2) is 17.2 Å². The zero-order chi connectivity index (χ0) is 20.0. The minimum Gasteiger partial charge on any atom is -0.487 e. The van der Waals surface area contributed by atoms with E-state index >= 15 is 0 Å². The number of halogens is 4. The molecule has 8 nitrogen and oxygen atoms in total. The van der Waals surface area contributed by atoms with Crippen LogP contribution in [0.25, 0.3) is 0 Å². The standard InChI is InChI=1S/C15H11Cl4N5O3/c16-10-2-1-8(12(18)4-10)7-27-14-9(3-11(17)5-13(14)19)6-21-22-15(20)23-24(25)26/h1-6H,7H2,(H3,20,22,23)/b21-6-. The third-order valence-electron chi connectivity index (χ3n) is 2.99. The molecule has 0 heterocycles. The number of nitrogens with two attached hydrogens (primary N) is 1. The molecule has 0 unspecified atom stereocenters. The first-order valence-electron chi connectivity index (χ1n) is 7.09. The lowest BCUT2D eigenvalue weighted by Crippen LogP contribution is -2.35. The summed E-state index contributed by atoms with van der Waals surface area (Å²) in [7, 11) is 0. The Kier molecular flexibility index (Phi) is 7.49. The second kappa shape index (κ2) is 9.61. The monoisotopic (exact) mass is 449 g/mol. The van der Waals surface area contributed by atoms with Gasteiger partial charge < -0.3 is 10.5 Å². The summed E-state index contributed by atoms with van der Waals surface area (Å²) in [5.74, 6) is -0.230. The first kappa shape index (κ1) is 21.0. The maximum atomic E-state index is 10.3.